The second-order valence-electron chi connectivity index (χ2n) is 13.2. The molecule has 0 radical (unpaired) electrons. The van der Waals surface area contributed by atoms with Crippen molar-refractivity contribution < 1.29 is 8.83 Å². The van der Waals surface area contributed by atoms with Gasteiger partial charge in [-0.05, 0) is 65.7 Å². The smallest absolute Gasteiger partial charge is 0.143 e. The van der Waals surface area contributed by atoms with Crippen LogP contribution in [-0.2, 0) is 0 Å². The second-order valence-corrected chi connectivity index (χ2v) is 14.3. The number of furan rings is 2. The first-order chi connectivity index (χ1) is 25.8. The first kappa shape index (κ1) is 29.1. The quantitative estimate of drug-likeness (QED) is 0.181. The van der Waals surface area contributed by atoms with Crippen LogP contribution >= 0.6 is 11.3 Å². The van der Waals surface area contributed by atoms with Crippen molar-refractivity contribution in [3.63, 3.8) is 0 Å². The Labute approximate surface area is 303 Å². The minimum absolute atomic E-state index is 0.906. The predicted octanol–water partition coefficient (Wildman–Crippen LogP) is 14.7. The van der Waals surface area contributed by atoms with Crippen molar-refractivity contribution in [3.05, 3.63) is 176 Å². The molecule has 0 amide bonds. The normalized spacial score (nSPS) is 11.8. The number of hydrogen-bond donors (Lipinski definition) is 0. The van der Waals surface area contributed by atoms with Gasteiger partial charge in [0.1, 0.15) is 22.3 Å². The molecule has 11 aromatic rings. The number of hydrogen-bond acceptors (Lipinski definition) is 4. The average Bonchev–Trinajstić information content (AvgIpc) is 3.90. The molecule has 0 aliphatic carbocycles. The van der Waals surface area contributed by atoms with E-state index in [1.54, 1.807) is 0 Å². The molecule has 52 heavy (non-hydrogen) atoms. The summed E-state index contributed by atoms with van der Waals surface area (Å²) in [6.07, 6.45) is 0. The van der Waals surface area contributed by atoms with Gasteiger partial charge in [-0.3, -0.25) is 0 Å². The van der Waals surface area contributed by atoms with Gasteiger partial charge in [-0.25, -0.2) is 0 Å². The van der Waals surface area contributed by atoms with Crippen molar-refractivity contribution >= 4 is 92.4 Å². The van der Waals surface area contributed by atoms with Gasteiger partial charge in [0.25, 0.3) is 0 Å². The van der Waals surface area contributed by atoms with Crippen molar-refractivity contribution in [2.24, 2.45) is 0 Å². The minimum Gasteiger partial charge on any atom is -0.455 e. The topological polar surface area (TPSA) is 29.5 Å². The van der Waals surface area contributed by atoms with E-state index >= 15 is 0 Å². The largest absolute Gasteiger partial charge is 0.455 e. The van der Waals surface area contributed by atoms with Crippen LogP contribution in [0.1, 0.15) is 0 Å². The molecule has 0 saturated heterocycles. The summed E-state index contributed by atoms with van der Waals surface area (Å²) in [5.41, 5.74) is 11.3. The van der Waals surface area contributed by atoms with E-state index in [-0.39, 0.29) is 0 Å². The molecule has 0 unspecified atom stereocenters. The molecule has 0 saturated carbocycles. The zero-order valence-electron chi connectivity index (χ0n) is 27.9. The van der Waals surface area contributed by atoms with Crippen LogP contribution in [0.15, 0.2) is 185 Å². The van der Waals surface area contributed by atoms with Gasteiger partial charge in [-0.15, -0.1) is 11.3 Å². The number of anilines is 3. The van der Waals surface area contributed by atoms with Crippen LogP contribution in [-0.4, -0.2) is 0 Å². The van der Waals surface area contributed by atoms with Crippen molar-refractivity contribution in [2.45, 2.75) is 0 Å². The van der Waals surface area contributed by atoms with Crippen molar-refractivity contribution in [1.29, 1.82) is 0 Å². The zero-order chi connectivity index (χ0) is 34.2. The lowest BCUT2D eigenvalue weighted by Crippen LogP contribution is -2.10. The van der Waals surface area contributed by atoms with Crippen LogP contribution in [0.25, 0.3) is 86.3 Å². The van der Waals surface area contributed by atoms with E-state index in [9.17, 15) is 0 Å². The first-order valence-corrected chi connectivity index (χ1v) is 18.3. The van der Waals surface area contributed by atoms with Crippen molar-refractivity contribution in [2.75, 3.05) is 4.90 Å². The molecule has 0 spiro atoms. The molecular formula is C48H29NO2S. The summed E-state index contributed by atoms with van der Waals surface area (Å²) in [6, 6.07) is 62.5. The highest BCUT2D eigenvalue weighted by Gasteiger charge is 2.20. The average molecular weight is 684 g/mol. The summed E-state index contributed by atoms with van der Waals surface area (Å²) >= 11 is 1.84. The van der Waals surface area contributed by atoms with Gasteiger partial charge < -0.3 is 13.7 Å². The lowest BCUT2D eigenvalue weighted by Gasteiger charge is -2.27. The van der Waals surface area contributed by atoms with Gasteiger partial charge in [0.05, 0.1) is 5.69 Å². The van der Waals surface area contributed by atoms with E-state index in [0.29, 0.717) is 0 Å². The Morgan fingerprint density at radius 1 is 0.365 bits per heavy atom. The van der Waals surface area contributed by atoms with Gasteiger partial charge >= 0.3 is 0 Å². The molecule has 4 heteroatoms. The molecule has 11 rings (SSSR count). The Morgan fingerprint density at radius 3 is 1.40 bits per heavy atom. The highest BCUT2D eigenvalue weighted by Crippen LogP contribution is 2.46. The summed E-state index contributed by atoms with van der Waals surface area (Å²) in [5, 5.41) is 7.07. The Kier molecular flexibility index (Phi) is 6.42. The number of fused-ring (bicyclic) bond motifs is 9. The molecule has 8 aromatic carbocycles. The molecule has 0 atom stereocenters. The van der Waals surface area contributed by atoms with Crippen LogP contribution in [0.3, 0.4) is 0 Å². The Morgan fingerprint density at radius 2 is 0.827 bits per heavy atom. The van der Waals surface area contributed by atoms with Gasteiger partial charge in [-0.1, -0.05) is 121 Å². The Balaban J connectivity index is 1.06. The van der Waals surface area contributed by atoms with Crippen LogP contribution in [0.5, 0.6) is 0 Å². The fourth-order valence-corrected chi connectivity index (χ4v) is 9.03. The van der Waals surface area contributed by atoms with E-state index in [0.717, 1.165) is 83.2 Å². The number of rotatable bonds is 5. The maximum atomic E-state index is 6.41. The maximum absolute atomic E-state index is 6.41. The lowest BCUT2D eigenvalue weighted by atomic mass is 10.0. The third kappa shape index (κ3) is 4.45. The fourth-order valence-electron chi connectivity index (χ4n) is 7.90. The second kappa shape index (κ2) is 11.5. The molecule has 244 valence electrons. The van der Waals surface area contributed by atoms with Crippen LogP contribution in [0, 0.1) is 0 Å². The van der Waals surface area contributed by atoms with E-state index < -0.39 is 0 Å². The number of para-hydroxylation sites is 4. The molecule has 3 nitrogen and oxygen atoms in total. The molecule has 0 bridgehead atoms. The van der Waals surface area contributed by atoms with Crippen molar-refractivity contribution in [1.82, 2.24) is 0 Å². The highest BCUT2D eigenvalue weighted by atomic mass is 32.1. The molecular weight excluding hydrogens is 655 g/mol. The van der Waals surface area contributed by atoms with Gasteiger partial charge in [0.15, 0.2) is 0 Å². The van der Waals surface area contributed by atoms with Gasteiger partial charge in [0, 0.05) is 64.2 Å². The van der Waals surface area contributed by atoms with Gasteiger partial charge in [0.2, 0.25) is 0 Å². The Hall–Kier alpha value is -6.62. The summed E-state index contributed by atoms with van der Waals surface area (Å²) < 4.78 is 15.4. The molecule has 3 heterocycles. The van der Waals surface area contributed by atoms with E-state index in [4.69, 9.17) is 8.83 Å². The van der Waals surface area contributed by atoms with Crippen LogP contribution in [0.2, 0.25) is 0 Å². The summed E-state index contributed by atoms with van der Waals surface area (Å²) in [6.45, 7) is 0. The third-order valence-electron chi connectivity index (χ3n) is 10.3. The highest BCUT2D eigenvalue weighted by molar-refractivity contribution is 7.26. The van der Waals surface area contributed by atoms with Crippen LogP contribution < -0.4 is 4.90 Å². The summed E-state index contributed by atoms with van der Waals surface area (Å²) in [5.74, 6) is 0. The molecule has 0 fully saturated rings. The predicted molar refractivity (Wildman–Crippen MR) is 219 cm³/mol. The molecule has 0 aliphatic heterocycles. The Bertz CT molecular complexity index is 2970. The lowest BCUT2D eigenvalue weighted by molar-refractivity contribution is 0.669. The molecule has 0 aliphatic rings. The number of benzene rings is 8. The maximum Gasteiger partial charge on any atom is 0.143 e. The fraction of sp³-hybridized carbons (Fsp3) is 0. The third-order valence-corrected chi connectivity index (χ3v) is 11.4. The number of thiophene rings is 1. The van der Waals surface area contributed by atoms with Crippen LogP contribution in [0.4, 0.5) is 17.1 Å². The molecule has 0 N–H and O–H groups in total. The standard InChI is InChI=1S/C48H29NO2S/c1-4-18-42-36(10-1)38-15-7-13-34(47(38)50-42)30-22-26-32(27-23-30)49(41-17-9-21-45-46(41)40-12-3-6-20-44(40)52-45)33-28-24-31(25-29-33)35-14-8-16-39-37-11-2-5-19-43(37)51-48(35)39/h1-29H. The van der Waals surface area contributed by atoms with E-state index in [1.165, 1.54) is 20.2 Å². The summed E-state index contributed by atoms with van der Waals surface area (Å²) in [7, 11) is 0. The molecule has 3 aromatic heterocycles. The van der Waals surface area contributed by atoms with E-state index in [2.05, 4.69) is 157 Å². The summed E-state index contributed by atoms with van der Waals surface area (Å²) in [4.78, 5) is 2.39. The number of nitrogens with zero attached hydrogens (tertiary/aromatic N) is 1. The SMILES string of the molecule is c1ccc2c(c1)oc1c(-c3ccc(N(c4ccc(-c5cccc6c5oc5ccccc56)cc4)c4cccc5sc6ccccc6c45)cc3)cccc12. The van der Waals surface area contributed by atoms with E-state index in [1.807, 2.05) is 35.6 Å². The zero-order valence-corrected chi connectivity index (χ0v) is 28.7. The first-order valence-electron chi connectivity index (χ1n) is 17.5. The minimum atomic E-state index is 0.906. The van der Waals surface area contributed by atoms with Crippen molar-refractivity contribution in [3.8, 4) is 22.3 Å². The monoisotopic (exact) mass is 683 g/mol. The van der Waals surface area contributed by atoms with Gasteiger partial charge in [-0.2, -0.15) is 0 Å².